The Balaban J connectivity index is 0.00000220. The molecule has 0 aliphatic carbocycles. The van der Waals surface area contributed by atoms with Crippen LogP contribution in [0.2, 0.25) is 0 Å². The van der Waals surface area contributed by atoms with Crippen molar-refractivity contribution in [3.63, 3.8) is 0 Å². The van der Waals surface area contributed by atoms with Crippen molar-refractivity contribution >= 4 is 34.0 Å². The molecule has 1 aliphatic heterocycles. The number of benzene rings is 1. The molecule has 21 heavy (non-hydrogen) atoms. The van der Waals surface area contributed by atoms with E-state index in [1.165, 1.54) is 12.1 Å². The number of primary sulfonamides is 1. The minimum Gasteiger partial charge on any atom is -0.326 e. The summed E-state index contributed by atoms with van der Waals surface area (Å²) in [6.07, 6.45) is 1.75. The molecule has 1 saturated heterocycles. The van der Waals surface area contributed by atoms with Crippen LogP contribution in [0, 0.1) is 5.41 Å². The van der Waals surface area contributed by atoms with E-state index >= 15 is 0 Å². The fourth-order valence-electron chi connectivity index (χ4n) is 2.28. The monoisotopic (exact) mass is 333 g/mol. The smallest absolute Gasteiger partial charge is 0.238 e. The zero-order valence-corrected chi connectivity index (χ0v) is 13.4. The molecule has 0 radical (unpaired) electrons. The quantitative estimate of drug-likeness (QED) is 0.770. The first-order chi connectivity index (χ1) is 9.31. The summed E-state index contributed by atoms with van der Waals surface area (Å²) in [5, 5.41) is 11.0. The molecule has 1 unspecified atom stereocenters. The van der Waals surface area contributed by atoms with Gasteiger partial charge in [0.2, 0.25) is 15.9 Å². The molecular formula is C13H20ClN3O3S. The van der Waals surface area contributed by atoms with Crippen molar-refractivity contribution in [1.82, 2.24) is 5.32 Å². The highest BCUT2D eigenvalue weighted by molar-refractivity contribution is 7.89. The van der Waals surface area contributed by atoms with E-state index in [1.807, 2.05) is 6.92 Å². The van der Waals surface area contributed by atoms with Crippen LogP contribution in [-0.2, 0) is 14.8 Å². The molecule has 1 atom stereocenters. The Bertz CT molecular complexity index is 613. The fourth-order valence-corrected chi connectivity index (χ4v) is 2.84. The lowest BCUT2D eigenvalue weighted by atomic mass is 9.82. The number of sulfonamides is 1. The molecule has 1 amide bonds. The van der Waals surface area contributed by atoms with Crippen molar-refractivity contribution in [3.05, 3.63) is 24.3 Å². The third-order valence-corrected chi connectivity index (χ3v) is 4.48. The second-order valence-corrected chi connectivity index (χ2v) is 6.93. The standard InChI is InChI=1S/C13H19N3O3S.ClH/c1-13(6-3-7-15-9-13)12(17)16-10-4-2-5-11(8-10)20(14,18)19;/h2,4-5,8,15H,3,6-7,9H2,1H3,(H,16,17)(H2,14,18,19);1H. The zero-order chi connectivity index (χ0) is 14.8. The van der Waals surface area contributed by atoms with Crippen LogP contribution >= 0.6 is 12.4 Å². The summed E-state index contributed by atoms with van der Waals surface area (Å²) in [5.41, 5.74) is -0.0381. The summed E-state index contributed by atoms with van der Waals surface area (Å²) in [4.78, 5) is 12.3. The van der Waals surface area contributed by atoms with Gasteiger partial charge in [0.25, 0.3) is 0 Å². The van der Waals surface area contributed by atoms with Gasteiger partial charge in [-0.3, -0.25) is 4.79 Å². The summed E-state index contributed by atoms with van der Waals surface area (Å²) < 4.78 is 22.6. The van der Waals surface area contributed by atoms with Crippen LogP contribution < -0.4 is 15.8 Å². The highest BCUT2D eigenvalue weighted by Gasteiger charge is 2.34. The van der Waals surface area contributed by atoms with Gasteiger partial charge in [0.05, 0.1) is 10.3 Å². The number of amides is 1. The van der Waals surface area contributed by atoms with E-state index in [1.54, 1.807) is 12.1 Å². The van der Waals surface area contributed by atoms with Crippen LogP contribution in [0.1, 0.15) is 19.8 Å². The fraction of sp³-hybridized carbons (Fsp3) is 0.462. The normalized spacial score (nSPS) is 22.2. The maximum atomic E-state index is 12.3. The predicted molar refractivity (Wildman–Crippen MR) is 83.9 cm³/mol. The van der Waals surface area contributed by atoms with E-state index < -0.39 is 15.4 Å². The molecule has 8 heteroatoms. The lowest BCUT2D eigenvalue weighted by Crippen LogP contribution is -2.46. The molecule has 0 aromatic heterocycles. The Morgan fingerprint density at radius 2 is 2.14 bits per heavy atom. The molecule has 1 aromatic rings. The minimum atomic E-state index is -3.76. The number of piperidine rings is 1. The van der Waals surface area contributed by atoms with Crippen LogP contribution in [0.3, 0.4) is 0 Å². The number of rotatable bonds is 3. The summed E-state index contributed by atoms with van der Waals surface area (Å²) in [5.74, 6) is -0.115. The Morgan fingerprint density at radius 1 is 1.43 bits per heavy atom. The van der Waals surface area contributed by atoms with Gasteiger partial charge in [-0.1, -0.05) is 6.07 Å². The number of hydrogen-bond acceptors (Lipinski definition) is 4. The Kier molecular flexibility index (Phi) is 5.75. The lowest BCUT2D eigenvalue weighted by molar-refractivity contribution is -0.125. The lowest BCUT2D eigenvalue weighted by Gasteiger charge is -2.32. The average Bonchev–Trinajstić information content (AvgIpc) is 2.39. The third kappa shape index (κ3) is 4.41. The SMILES string of the molecule is CC1(C(=O)Nc2cccc(S(N)(=O)=O)c2)CCCNC1.Cl. The second kappa shape index (κ2) is 6.74. The van der Waals surface area contributed by atoms with Gasteiger partial charge in [0.15, 0.2) is 0 Å². The Hall–Kier alpha value is -1.15. The molecule has 6 nitrogen and oxygen atoms in total. The number of nitrogens with two attached hydrogens (primary N) is 1. The van der Waals surface area contributed by atoms with E-state index in [4.69, 9.17) is 5.14 Å². The van der Waals surface area contributed by atoms with E-state index in [2.05, 4.69) is 10.6 Å². The summed E-state index contributed by atoms with van der Waals surface area (Å²) >= 11 is 0. The number of nitrogens with one attached hydrogen (secondary N) is 2. The Morgan fingerprint density at radius 3 is 2.71 bits per heavy atom. The van der Waals surface area contributed by atoms with Crippen molar-refractivity contribution in [2.45, 2.75) is 24.7 Å². The molecule has 1 fully saturated rings. The van der Waals surface area contributed by atoms with E-state index in [-0.39, 0.29) is 23.2 Å². The van der Waals surface area contributed by atoms with Gasteiger partial charge in [-0.05, 0) is 44.5 Å². The van der Waals surface area contributed by atoms with Crippen molar-refractivity contribution < 1.29 is 13.2 Å². The third-order valence-electron chi connectivity index (χ3n) is 3.57. The van der Waals surface area contributed by atoms with Gasteiger partial charge in [-0.2, -0.15) is 0 Å². The van der Waals surface area contributed by atoms with Crippen molar-refractivity contribution in [1.29, 1.82) is 0 Å². The first-order valence-corrected chi connectivity index (χ1v) is 8.01. The van der Waals surface area contributed by atoms with Gasteiger partial charge >= 0.3 is 0 Å². The summed E-state index contributed by atoms with van der Waals surface area (Å²) in [6, 6.07) is 5.96. The van der Waals surface area contributed by atoms with Gasteiger partial charge in [-0.25, -0.2) is 13.6 Å². The molecule has 2 rings (SSSR count). The van der Waals surface area contributed by atoms with Gasteiger partial charge < -0.3 is 10.6 Å². The van der Waals surface area contributed by atoms with Gasteiger partial charge in [0.1, 0.15) is 0 Å². The number of carbonyl (C=O) groups excluding carboxylic acids is 1. The molecule has 1 aliphatic rings. The maximum Gasteiger partial charge on any atom is 0.238 e. The van der Waals surface area contributed by atoms with Crippen LogP contribution in [0.25, 0.3) is 0 Å². The molecule has 0 spiro atoms. The van der Waals surface area contributed by atoms with E-state index in [0.29, 0.717) is 12.2 Å². The van der Waals surface area contributed by atoms with Gasteiger partial charge in [0, 0.05) is 12.2 Å². The number of halogens is 1. The van der Waals surface area contributed by atoms with Gasteiger partial charge in [-0.15, -0.1) is 12.4 Å². The molecule has 1 heterocycles. The van der Waals surface area contributed by atoms with E-state index in [0.717, 1.165) is 19.4 Å². The van der Waals surface area contributed by atoms with Crippen LogP contribution in [0.4, 0.5) is 5.69 Å². The molecule has 4 N–H and O–H groups in total. The largest absolute Gasteiger partial charge is 0.326 e. The first kappa shape index (κ1) is 17.9. The number of carbonyl (C=O) groups is 1. The first-order valence-electron chi connectivity index (χ1n) is 6.46. The topological polar surface area (TPSA) is 101 Å². The molecule has 0 saturated carbocycles. The Labute approximate surface area is 130 Å². The summed E-state index contributed by atoms with van der Waals surface area (Å²) in [6.45, 7) is 3.44. The van der Waals surface area contributed by atoms with E-state index in [9.17, 15) is 13.2 Å². The summed E-state index contributed by atoms with van der Waals surface area (Å²) in [7, 11) is -3.76. The molecular weight excluding hydrogens is 314 g/mol. The molecule has 1 aromatic carbocycles. The minimum absolute atomic E-state index is 0. The van der Waals surface area contributed by atoms with Crippen LogP contribution in [-0.4, -0.2) is 27.4 Å². The number of anilines is 1. The van der Waals surface area contributed by atoms with Crippen LogP contribution in [0.15, 0.2) is 29.2 Å². The van der Waals surface area contributed by atoms with Crippen molar-refractivity contribution in [3.8, 4) is 0 Å². The highest BCUT2D eigenvalue weighted by atomic mass is 35.5. The number of hydrogen-bond donors (Lipinski definition) is 3. The maximum absolute atomic E-state index is 12.3. The second-order valence-electron chi connectivity index (χ2n) is 5.37. The molecule has 118 valence electrons. The van der Waals surface area contributed by atoms with Crippen molar-refractivity contribution in [2.24, 2.45) is 10.6 Å². The highest BCUT2D eigenvalue weighted by Crippen LogP contribution is 2.27. The average molecular weight is 334 g/mol. The molecule has 0 bridgehead atoms. The van der Waals surface area contributed by atoms with Crippen LogP contribution in [0.5, 0.6) is 0 Å². The zero-order valence-electron chi connectivity index (χ0n) is 11.8. The van der Waals surface area contributed by atoms with Crippen molar-refractivity contribution in [2.75, 3.05) is 18.4 Å². The predicted octanol–water partition coefficient (Wildman–Crippen LogP) is 1.08.